The Hall–Kier alpha value is -3.68. The third-order valence-electron chi connectivity index (χ3n) is 6.29. The zero-order valence-corrected chi connectivity index (χ0v) is 16.9. The second kappa shape index (κ2) is 6.94. The van der Waals surface area contributed by atoms with Crippen molar-refractivity contribution in [3.05, 3.63) is 71.3 Å². The van der Waals surface area contributed by atoms with Crippen molar-refractivity contribution in [2.75, 3.05) is 13.2 Å². The van der Waals surface area contributed by atoms with Crippen molar-refractivity contribution in [1.29, 1.82) is 0 Å². The molecule has 156 valence electrons. The van der Waals surface area contributed by atoms with Crippen LogP contribution < -0.4 is 11.1 Å². The molecule has 0 radical (unpaired) electrons. The highest BCUT2D eigenvalue weighted by Crippen LogP contribution is 2.39. The number of nitrogens with one attached hydrogen (secondary N) is 1. The monoisotopic (exact) mass is 414 g/mol. The van der Waals surface area contributed by atoms with E-state index in [-0.39, 0.29) is 11.8 Å². The maximum atomic E-state index is 12.0. The summed E-state index contributed by atoms with van der Waals surface area (Å²) in [5.41, 5.74) is 11.6. The van der Waals surface area contributed by atoms with Crippen LogP contribution in [0, 0.1) is 5.92 Å². The van der Waals surface area contributed by atoms with Crippen molar-refractivity contribution in [2.24, 2.45) is 16.6 Å². The van der Waals surface area contributed by atoms with E-state index in [4.69, 9.17) is 15.5 Å². The van der Waals surface area contributed by atoms with Crippen molar-refractivity contribution < 1.29 is 9.53 Å². The molecule has 1 fully saturated rings. The van der Waals surface area contributed by atoms with Crippen LogP contribution in [0.15, 0.2) is 70.7 Å². The Labute approximate surface area is 179 Å². The minimum Gasteiger partial charge on any atom is -0.495 e. The van der Waals surface area contributed by atoms with Crippen molar-refractivity contribution in [2.45, 2.75) is 25.3 Å². The Morgan fingerprint density at radius 3 is 3.06 bits per heavy atom. The average Bonchev–Trinajstić information content (AvgIpc) is 3.56. The molecular weight excluding hydrogens is 392 g/mol. The number of carbonyl (C=O) groups is 1. The molecule has 3 N–H and O–H groups in total. The molecule has 8 heteroatoms. The molecule has 1 aliphatic carbocycles. The van der Waals surface area contributed by atoms with Crippen LogP contribution in [0.5, 0.6) is 0 Å². The van der Waals surface area contributed by atoms with E-state index in [1.165, 1.54) is 5.57 Å². The van der Waals surface area contributed by atoms with Gasteiger partial charge in [-0.05, 0) is 49.0 Å². The zero-order valence-electron chi connectivity index (χ0n) is 16.9. The van der Waals surface area contributed by atoms with E-state index in [0.717, 1.165) is 65.1 Å². The fourth-order valence-corrected chi connectivity index (χ4v) is 4.58. The molecule has 1 aromatic carbocycles. The second-order valence-electron chi connectivity index (χ2n) is 8.35. The molecule has 1 aromatic heterocycles. The number of carbonyl (C=O) groups excluding carboxylic acids is 1. The lowest BCUT2D eigenvalue weighted by Crippen LogP contribution is -2.43. The first kappa shape index (κ1) is 18.1. The first-order valence-corrected chi connectivity index (χ1v) is 10.5. The van der Waals surface area contributed by atoms with Crippen LogP contribution in [0.2, 0.25) is 0 Å². The molecule has 1 unspecified atom stereocenters. The van der Waals surface area contributed by atoms with Crippen molar-refractivity contribution in [1.82, 2.24) is 20.2 Å². The lowest BCUT2D eigenvalue weighted by molar-refractivity contribution is -0.120. The molecule has 8 nitrogen and oxygen atoms in total. The molecule has 0 spiro atoms. The van der Waals surface area contributed by atoms with E-state index < -0.39 is 6.04 Å². The van der Waals surface area contributed by atoms with Crippen LogP contribution in [0.1, 0.15) is 24.8 Å². The standard InChI is InChI=1S/C23H22N6O2/c24-22(30)20(13-1-2-13)28-19-11-31-10-15-5-6-29-21(15)17(19)9-26-23(29)14-3-4-18-16(7-14)8-25-12-27-18/h3-4,7-9,11-13,20,28H,1-2,5-6,10H2,(H2,24,30). The van der Waals surface area contributed by atoms with Gasteiger partial charge in [0.1, 0.15) is 31.1 Å². The average molecular weight is 414 g/mol. The quantitative estimate of drug-likeness (QED) is 0.775. The number of hydrogen-bond acceptors (Lipinski definition) is 7. The Balaban J connectivity index is 1.40. The smallest absolute Gasteiger partial charge is 0.240 e. The molecular formula is C23H22N6O2. The van der Waals surface area contributed by atoms with Gasteiger partial charge in [0, 0.05) is 35.5 Å². The highest BCUT2D eigenvalue weighted by molar-refractivity contribution is 6.04. The molecule has 31 heavy (non-hydrogen) atoms. The molecule has 0 bridgehead atoms. The van der Waals surface area contributed by atoms with Gasteiger partial charge in [-0.2, -0.15) is 0 Å². The summed E-state index contributed by atoms with van der Waals surface area (Å²) < 4.78 is 5.84. The van der Waals surface area contributed by atoms with Crippen molar-refractivity contribution in [3.63, 3.8) is 0 Å². The molecule has 0 saturated heterocycles. The number of aromatic nitrogens is 2. The van der Waals surface area contributed by atoms with Gasteiger partial charge in [0.25, 0.3) is 0 Å². The second-order valence-corrected chi connectivity index (χ2v) is 8.35. The van der Waals surface area contributed by atoms with Gasteiger partial charge in [-0.25, -0.2) is 15.0 Å². The van der Waals surface area contributed by atoms with Gasteiger partial charge in [0.15, 0.2) is 0 Å². The van der Waals surface area contributed by atoms with E-state index >= 15 is 0 Å². The minimum absolute atomic E-state index is 0.290. The summed E-state index contributed by atoms with van der Waals surface area (Å²) in [6, 6.07) is 5.72. The van der Waals surface area contributed by atoms with Gasteiger partial charge in [0.05, 0.1) is 16.9 Å². The molecule has 6 rings (SSSR count). The first-order valence-electron chi connectivity index (χ1n) is 10.5. The number of hydrogen-bond donors (Lipinski definition) is 2. The highest BCUT2D eigenvalue weighted by atomic mass is 16.5. The lowest BCUT2D eigenvalue weighted by atomic mass is 10.0. The summed E-state index contributed by atoms with van der Waals surface area (Å²) in [7, 11) is 0. The number of nitrogens with two attached hydrogens (primary N) is 1. The van der Waals surface area contributed by atoms with Gasteiger partial charge in [0.2, 0.25) is 5.91 Å². The third kappa shape index (κ3) is 3.06. The molecule has 1 saturated carbocycles. The highest BCUT2D eigenvalue weighted by Gasteiger charge is 2.39. The number of aliphatic imine (C=N–C) groups is 1. The van der Waals surface area contributed by atoms with Crippen LogP contribution in [-0.2, 0) is 9.53 Å². The Kier molecular flexibility index (Phi) is 4.05. The Morgan fingerprint density at radius 1 is 1.32 bits per heavy atom. The molecule has 1 atom stereocenters. The summed E-state index contributed by atoms with van der Waals surface area (Å²) in [5, 5.41) is 4.33. The van der Waals surface area contributed by atoms with E-state index in [1.54, 1.807) is 12.6 Å². The summed E-state index contributed by atoms with van der Waals surface area (Å²) in [4.78, 5) is 27.5. The van der Waals surface area contributed by atoms with Gasteiger partial charge in [-0.3, -0.25) is 4.79 Å². The van der Waals surface area contributed by atoms with Gasteiger partial charge >= 0.3 is 0 Å². The van der Waals surface area contributed by atoms with Crippen molar-refractivity contribution >= 4 is 22.6 Å². The van der Waals surface area contributed by atoms with Crippen LogP contribution in [0.25, 0.3) is 10.9 Å². The largest absolute Gasteiger partial charge is 0.495 e. The van der Waals surface area contributed by atoms with E-state index in [0.29, 0.717) is 6.61 Å². The summed E-state index contributed by atoms with van der Waals surface area (Å²) in [6.07, 6.45) is 9.89. The predicted molar refractivity (Wildman–Crippen MR) is 115 cm³/mol. The lowest BCUT2D eigenvalue weighted by Gasteiger charge is -2.30. The number of fused-ring (bicyclic) bond motifs is 1. The van der Waals surface area contributed by atoms with Gasteiger partial charge in [-0.1, -0.05) is 0 Å². The molecule has 3 aliphatic heterocycles. The maximum Gasteiger partial charge on any atom is 0.240 e. The molecule has 2 aromatic rings. The first-order chi connectivity index (χ1) is 15.2. The normalized spacial score (nSPS) is 20.9. The number of rotatable bonds is 5. The van der Waals surface area contributed by atoms with Crippen LogP contribution in [0.4, 0.5) is 0 Å². The number of primary amides is 1. The molecule has 4 aliphatic rings. The van der Waals surface area contributed by atoms with Crippen LogP contribution >= 0.6 is 0 Å². The number of amidine groups is 1. The van der Waals surface area contributed by atoms with E-state index in [9.17, 15) is 4.79 Å². The maximum absolute atomic E-state index is 12.0. The minimum atomic E-state index is -0.390. The zero-order chi connectivity index (χ0) is 20.9. The number of amides is 1. The summed E-state index contributed by atoms with van der Waals surface area (Å²) in [5.74, 6) is 0.858. The van der Waals surface area contributed by atoms with Crippen LogP contribution in [-0.4, -0.2) is 45.8 Å². The number of nitrogens with zero attached hydrogens (tertiary/aromatic N) is 4. The summed E-state index contributed by atoms with van der Waals surface area (Å²) >= 11 is 0. The van der Waals surface area contributed by atoms with E-state index in [1.807, 2.05) is 24.5 Å². The molecule has 4 heterocycles. The number of ether oxygens (including phenoxy) is 1. The number of benzene rings is 1. The van der Waals surface area contributed by atoms with Crippen LogP contribution in [0.3, 0.4) is 0 Å². The van der Waals surface area contributed by atoms with Gasteiger partial charge < -0.3 is 20.7 Å². The Bertz CT molecular complexity index is 1220. The van der Waals surface area contributed by atoms with Gasteiger partial charge in [-0.15, -0.1) is 0 Å². The SMILES string of the molecule is NC(=O)C(NC1=COCC2=C3C1=CN=C(c1ccc4ncncc4c1)N3CC2)C1CC1. The Morgan fingerprint density at radius 2 is 2.23 bits per heavy atom. The van der Waals surface area contributed by atoms with E-state index in [2.05, 4.69) is 26.3 Å². The van der Waals surface area contributed by atoms with Crippen molar-refractivity contribution in [3.8, 4) is 0 Å². The predicted octanol–water partition coefficient (Wildman–Crippen LogP) is 1.96. The summed E-state index contributed by atoms with van der Waals surface area (Å²) in [6.45, 7) is 1.36. The molecule has 1 amide bonds. The fourth-order valence-electron chi connectivity index (χ4n) is 4.58. The fraction of sp³-hybridized carbons (Fsp3) is 0.304. The topological polar surface area (TPSA) is 106 Å². The third-order valence-corrected chi connectivity index (χ3v) is 6.29.